The fourth-order valence-electron chi connectivity index (χ4n) is 15.6. The number of rotatable bonds is 12. The molecule has 420 valence electrons. The lowest BCUT2D eigenvalue weighted by Gasteiger charge is -2.35. The molecule has 13 aromatic rings. The van der Waals surface area contributed by atoms with Crippen molar-refractivity contribution in [2.24, 2.45) is 0 Å². The molecule has 1 aromatic heterocycles. The predicted molar refractivity (Wildman–Crippen MR) is 366 cm³/mol. The van der Waals surface area contributed by atoms with Gasteiger partial charge in [-0.2, -0.15) is 0 Å². The van der Waals surface area contributed by atoms with Crippen molar-refractivity contribution in [1.82, 2.24) is 4.57 Å². The Labute approximate surface area is 512 Å². The summed E-state index contributed by atoms with van der Waals surface area (Å²) in [6, 6.07) is 110. The van der Waals surface area contributed by atoms with E-state index in [-0.39, 0.29) is 0 Å². The molecule has 2 fully saturated rings. The maximum Gasteiger partial charge on any atom is 0.0714 e. The minimum atomic E-state index is -0.550. The molecule has 0 atom stereocenters. The van der Waals surface area contributed by atoms with E-state index in [9.17, 15) is 0 Å². The average molecular weight is 1120 g/mol. The Bertz CT molecular complexity index is 4470. The molecule has 0 aliphatic heterocycles. The Kier molecular flexibility index (Phi) is 13.7. The smallest absolute Gasteiger partial charge is 0.0714 e. The van der Waals surface area contributed by atoms with Gasteiger partial charge in [0.25, 0.3) is 0 Å². The fourth-order valence-corrected chi connectivity index (χ4v) is 15.6. The molecule has 0 unspecified atom stereocenters. The van der Waals surface area contributed by atoms with E-state index in [0.717, 1.165) is 33.8 Å². The van der Waals surface area contributed by atoms with Crippen molar-refractivity contribution in [3.8, 4) is 61.3 Å². The van der Waals surface area contributed by atoms with E-state index in [1.54, 1.807) is 0 Å². The zero-order valence-corrected chi connectivity index (χ0v) is 49.3. The molecule has 0 bridgehead atoms. The van der Waals surface area contributed by atoms with Crippen LogP contribution in [0.4, 0.5) is 17.1 Å². The number of hydrogen-bond acceptors (Lipinski definition) is 1. The van der Waals surface area contributed by atoms with E-state index < -0.39 is 5.41 Å². The Morgan fingerprint density at radius 3 is 1.28 bits per heavy atom. The van der Waals surface area contributed by atoms with Crippen molar-refractivity contribution in [1.29, 1.82) is 0 Å². The second kappa shape index (κ2) is 22.6. The van der Waals surface area contributed by atoms with Crippen LogP contribution in [0.3, 0.4) is 0 Å². The zero-order valence-electron chi connectivity index (χ0n) is 49.3. The van der Waals surface area contributed by atoms with Crippen molar-refractivity contribution in [2.75, 3.05) is 4.90 Å². The van der Waals surface area contributed by atoms with Gasteiger partial charge in [0, 0.05) is 33.4 Å². The van der Waals surface area contributed by atoms with E-state index in [4.69, 9.17) is 0 Å². The van der Waals surface area contributed by atoms with Crippen molar-refractivity contribution >= 4 is 38.9 Å². The van der Waals surface area contributed by atoms with Gasteiger partial charge in [0.05, 0.1) is 22.1 Å². The first-order valence-corrected chi connectivity index (χ1v) is 31.9. The molecule has 0 radical (unpaired) electrons. The maximum atomic E-state index is 2.57. The first kappa shape index (κ1) is 52.8. The van der Waals surface area contributed by atoms with Crippen molar-refractivity contribution in [3.63, 3.8) is 0 Å². The lowest BCUT2D eigenvalue weighted by molar-refractivity contribution is 0.444. The summed E-state index contributed by atoms with van der Waals surface area (Å²) in [6.07, 6.45) is 13.4. The largest absolute Gasteiger partial charge is 0.310 e. The Hall–Kier alpha value is -9.76. The van der Waals surface area contributed by atoms with Gasteiger partial charge in [-0.25, -0.2) is 0 Å². The summed E-state index contributed by atoms with van der Waals surface area (Å²) in [7, 11) is 0. The van der Waals surface area contributed by atoms with E-state index >= 15 is 0 Å². The molecule has 0 spiro atoms. The summed E-state index contributed by atoms with van der Waals surface area (Å²) in [5, 5.41) is 2.81. The second-order valence-electron chi connectivity index (χ2n) is 24.8. The minimum Gasteiger partial charge on any atom is -0.310 e. The van der Waals surface area contributed by atoms with Crippen LogP contribution in [-0.2, 0) is 5.41 Å². The average Bonchev–Trinajstić information content (AvgIpc) is 1.59. The number of anilines is 3. The van der Waals surface area contributed by atoms with Crippen LogP contribution >= 0.6 is 0 Å². The van der Waals surface area contributed by atoms with E-state index in [0.29, 0.717) is 11.8 Å². The summed E-state index contributed by atoms with van der Waals surface area (Å²) >= 11 is 0. The minimum absolute atomic E-state index is 0.550. The number of fused-ring (bicyclic) bond motifs is 6. The fraction of sp³-hybridized carbons (Fsp3) is 0.153. The third kappa shape index (κ3) is 9.42. The summed E-state index contributed by atoms with van der Waals surface area (Å²) in [4.78, 5) is 2.50. The highest BCUT2D eigenvalue weighted by molar-refractivity contribution is 6.10. The third-order valence-corrected chi connectivity index (χ3v) is 19.9. The first-order chi connectivity index (χ1) is 43.1. The highest BCUT2D eigenvalue weighted by Gasteiger charge is 2.46. The molecule has 2 saturated carbocycles. The van der Waals surface area contributed by atoms with Gasteiger partial charge in [-0.05, 0) is 188 Å². The molecule has 0 saturated heterocycles. The van der Waals surface area contributed by atoms with Crippen LogP contribution in [0.2, 0.25) is 0 Å². The Balaban J connectivity index is 0.770. The molecule has 1 heterocycles. The van der Waals surface area contributed by atoms with Crippen LogP contribution in [0.1, 0.15) is 109 Å². The van der Waals surface area contributed by atoms with Crippen LogP contribution in [0.15, 0.2) is 291 Å². The highest BCUT2D eigenvalue weighted by Crippen LogP contribution is 2.58. The summed E-state index contributed by atoms with van der Waals surface area (Å²) in [6.45, 7) is 0. The lowest BCUT2D eigenvalue weighted by Crippen LogP contribution is -2.28. The molecule has 12 aromatic carbocycles. The molecule has 3 aliphatic rings. The van der Waals surface area contributed by atoms with Crippen LogP contribution in [0.25, 0.3) is 83.1 Å². The van der Waals surface area contributed by atoms with Crippen molar-refractivity contribution in [3.05, 3.63) is 325 Å². The van der Waals surface area contributed by atoms with Crippen LogP contribution in [-0.4, -0.2) is 4.57 Å². The number of nitrogens with zero attached hydrogens (tertiary/aromatic N) is 2. The van der Waals surface area contributed by atoms with Crippen molar-refractivity contribution in [2.45, 2.75) is 81.5 Å². The third-order valence-electron chi connectivity index (χ3n) is 19.9. The van der Waals surface area contributed by atoms with Crippen molar-refractivity contribution < 1.29 is 0 Å². The topological polar surface area (TPSA) is 8.17 Å². The van der Waals surface area contributed by atoms with Gasteiger partial charge in [-0.15, -0.1) is 0 Å². The number of aromatic nitrogens is 1. The van der Waals surface area contributed by atoms with Gasteiger partial charge in [-0.3, -0.25) is 0 Å². The summed E-state index contributed by atoms with van der Waals surface area (Å²) < 4.78 is 2.52. The van der Waals surface area contributed by atoms with E-state index in [1.165, 1.54) is 164 Å². The molecule has 87 heavy (non-hydrogen) atoms. The molecule has 3 aliphatic carbocycles. The second-order valence-corrected chi connectivity index (χ2v) is 24.8. The van der Waals surface area contributed by atoms with Crippen LogP contribution in [0.5, 0.6) is 0 Å². The zero-order chi connectivity index (χ0) is 57.7. The maximum absolute atomic E-state index is 2.57. The van der Waals surface area contributed by atoms with Gasteiger partial charge in [0.1, 0.15) is 0 Å². The van der Waals surface area contributed by atoms with Gasteiger partial charge >= 0.3 is 0 Å². The summed E-state index contributed by atoms with van der Waals surface area (Å²) in [5.41, 5.74) is 26.6. The molecular formula is C85H70N2. The number of hydrogen-bond donors (Lipinski definition) is 0. The Morgan fingerprint density at radius 1 is 0.299 bits per heavy atom. The molecular weight excluding hydrogens is 1050 g/mol. The Morgan fingerprint density at radius 2 is 0.724 bits per heavy atom. The summed E-state index contributed by atoms with van der Waals surface area (Å²) in [5.74, 6) is 1.34. The van der Waals surface area contributed by atoms with Gasteiger partial charge in [0.15, 0.2) is 0 Å². The molecule has 0 N–H and O–H groups in total. The monoisotopic (exact) mass is 1120 g/mol. The SMILES string of the molecule is c1ccc(-c2ccc(-c3ccccc3)c(N(c3ccc(-c4ccc(-c5ccc(-n6c7ccc(C8CCCCC8)cc7c7cc(C8CCCCC8)ccc76)cc5)cc4)cc3)c3ccc4c(c3)C(c3ccccc3)(c3ccccc3)c3ccccc3-4)c2)cc1. The van der Waals surface area contributed by atoms with Gasteiger partial charge in [0.2, 0.25) is 0 Å². The quantitative estimate of drug-likeness (QED) is 0.118. The highest BCUT2D eigenvalue weighted by atomic mass is 15.1. The first-order valence-electron chi connectivity index (χ1n) is 31.9. The molecule has 2 heteroatoms. The van der Waals surface area contributed by atoms with Crippen LogP contribution in [0, 0.1) is 0 Å². The van der Waals surface area contributed by atoms with Gasteiger partial charge in [-0.1, -0.05) is 263 Å². The van der Waals surface area contributed by atoms with Gasteiger partial charge < -0.3 is 9.47 Å². The molecule has 0 amide bonds. The van der Waals surface area contributed by atoms with Crippen LogP contribution < -0.4 is 4.90 Å². The lowest BCUT2D eigenvalue weighted by atomic mass is 9.67. The molecule has 16 rings (SSSR count). The normalized spacial score (nSPS) is 14.9. The van der Waals surface area contributed by atoms with E-state index in [2.05, 4.69) is 301 Å². The predicted octanol–water partition coefficient (Wildman–Crippen LogP) is 23.4. The number of benzene rings is 12. The standard InChI is InChI=1S/C85H70N2/c1-7-21-59(22-8-1)67-44-53-82-78(55-67)79-56-68(60-23-9-2-10-24-60)45-54-83(79)87(82)73-48-41-65(42-49-73)63-37-35-62(36-38-63)64-39-46-72(47-40-64)86(84-57-69(61-25-11-3-12-26-61)43-51-75(84)66-27-13-4-14-28-66)74-50-52-77-76-33-19-20-34-80(76)85(81(77)58-74,70-29-15-5-16-30-70)71-31-17-6-18-32-71/h3-6,11-20,25-60H,1-2,7-10,21-24H2. The van der Waals surface area contributed by atoms with E-state index in [1.807, 2.05) is 0 Å². The molecule has 2 nitrogen and oxygen atoms in total.